The fourth-order valence-electron chi connectivity index (χ4n) is 4.53. The highest BCUT2D eigenvalue weighted by Crippen LogP contribution is 2.66. The van der Waals surface area contributed by atoms with Crippen molar-refractivity contribution in [2.24, 2.45) is 5.41 Å². The van der Waals surface area contributed by atoms with E-state index in [0.717, 1.165) is 25.9 Å². The number of aromatic nitrogens is 2. The van der Waals surface area contributed by atoms with Crippen LogP contribution in [-0.2, 0) is 4.79 Å². The van der Waals surface area contributed by atoms with Crippen molar-refractivity contribution in [3.8, 4) is 0 Å². The number of carbonyl (C=O) groups excluding carboxylic acids is 1. The normalized spacial score (nSPS) is 27.5. The van der Waals surface area contributed by atoms with Crippen LogP contribution >= 0.6 is 0 Å². The molecule has 2 aromatic rings. The fraction of sp³-hybridized carbons (Fsp3) is 0.571. The molecule has 1 aliphatic heterocycles. The molecule has 1 saturated heterocycles. The summed E-state index contributed by atoms with van der Waals surface area (Å²) in [7, 11) is 0. The lowest BCUT2D eigenvalue weighted by Crippen LogP contribution is -2.45. The van der Waals surface area contributed by atoms with E-state index in [4.69, 9.17) is 4.42 Å². The Morgan fingerprint density at radius 3 is 2.48 bits per heavy atom. The molecule has 3 aliphatic rings. The number of benzene rings is 1. The number of hydrogen-bond acceptors (Lipinski definition) is 5. The molecule has 8 heteroatoms. The number of alkyl halides is 2. The zero-order valence-electron chi connectivity index (χ0n) is 16.3. The van der Waals surface area contributed by atoms with Gasteiger partial charge >= 0.3 is 6.01 Å². The van der Waals surface area contributed by atoms with Gasteiger partial charge in [-0.3, -0.25) is 4.79 Å². The Hall–Kier alpha value is -2.51. The highest BCUT2D eigenvalue weighted by Gasteiger charge is 2.72. The molecule has 1 spiro atoms. The molecule has 6 nitrogen and oxygen atoms in total. The summed E-state index contributed by atoms with van der Waals surface area (Å²) in [5.41, 5.74) is 1.05. The van der Waals surface area contributed by atoms with Crippen LogP contribution in [0.15, 0.2) is 34.7 Å². The van der Waals surface area contributed by atoms with E-state index in [-0.39, 0.29) is 17.8 Å². The SMILES string of the molecule is C[C@H](Nc1nnc([C@H]2[C@@H](c3ccccc3)C2(F)F)o1)C(=O)N1CCC2(CC1)CC2. The van der Waals surface area contributed by atoms with Crippen molar-refractivity contribution in [2.45, 2.75) is 56.4 Å². The van der Waals surface area contributed by atoms with Gasteiger partial charge in [0, 0.05) is 13.1 Å². The number of nitrogens with zero attached hydrogens (tertiary/aromatic N) is 3. The van der Waals surface area contributed by atoms with Crippen LogP contribution in [0.3, 0.4) is 0 Å². The lowest BCUT2D eigenvalue weighted by Gasteiger charge is -2.33. The number of halogens is 2. The van der Waals surface area contributed by atoms with E-state index in [1.54, 1.807) is 37.3 Å². The van der Waals surface area contributed by atoms with E-state index in [0.29, 0.717) is 11.0 Å². The molecular formula is C21H24F2N4O2. The van der Waals surface area contributed by atoms with E-state index in [1.807, 2.05) is 4.90 Å². The highest BCUT2D eigenvalue weighted by atomic mass is 19.3. The first-order valence-corrected chi connectivity index (χ1v) is 10.2. The van der Waals surface area contributed by atoms with E-state index >= 15 is 0 Å². The van der Waals surface area contributed by atoms with Crippen LogP contribution in [0.25, 0.3) is 0 Å². The topological polar surface area (TPSA) is 71.3 Å². The second-order valence-corrected chi connectivity index (χ2v) is 8.68. The number of rotatable bonds is 5. The summed E-state index contributed by atoms with van der Waals surface area (Å²) in [6, 6.07) is 8.07. The molecule has 0 unspecified atom stereocenters. The summed E-state index contributed by atoms with van der Waals surface area (Å²) in [5.74, 6) is -5.13. The Morgan fingerprint density at radius 2 is 1.83 bits per heavy atom. The van der Waals surface area contributed by atoms with Gasteiger partial charge in [0.2, 0.25) is 11.8 Å². The number of piperidine rings is 1. The van der Waals surface area contributed by atoms with Gasteiger partial charge < -0.3 is 14.6 Å². The van der Waals surface area contributed by atoms with E-state index < -0.39 is 23.8 Å². The first-order chi connectivity index (χ1) is 13.9. The Morgan fingerprint density at radius 1 is 1.14 bits per heavy atom. The molecule has 3 atom stereocenters. The second-order valence-electron chi connectivity index (χ2n) is 8.68. The smallest absolute Gasteiger partial charge is 0.316 e. The summed E-state index contributed by atoms with van der Waals surface area (Å²) in [4.78, 5) is 14.5. The number of likely N-dealkylation sites (tertiary alicyclic amines) is 1. The van der Waals surface area contributed by atoms with E-state index in [1.165, 1.54) is 12.8 Å². The van der Waals surface area contributed by atoms with Gasteiger partial charge in [0.25, 0.3) is 5.92 Å². The Kier molecular flexibility index (Phi) is 4.15. The summed E-state index contributed by atoms with van der Waals surface area (Å²) in [5, 5.41) is 10.5. The van der Waals surface area contributed by atoms with E-state index in [9.17, 15) is 13.6 Å². The van der Waals surface area contributed by atoms with Gasteiger partial charge in [-0.1, -0.05) is 35.4 Å². The fourth-order valence-corrected chi connectivity index (χ4v) is 4.53. The Labute approximate surface area is 167 Å². The van der Waals surface area contributed by atoms with Gasteiger partial charge in [-0.05, 0) is 43.6 Å². The molecule has 0 bridgehead atoms. The minimum atomic E-state index is -2.92. The molecule has 2 aliphatic carbocycles. The maximum Gasteiger partial charge on any atom is 0.316 e. The minimum absolute atomic E-state index is 0.00559. The average molecular weight is 402 g/mol. The van der Waals surface area contributed by atoms with Gasteiger partial charge in [-0.25, -0.2) is 8.78 Å². The maximum atomic E-state index is 14.3. The molecule has 2 heterocycles. The molecule has 1 N–H and O–H groups in total. The molecule has 1 aromatic carbocycles. The lowest BCUT2D eigenvalue weighted by molar-refractivity contribution is -0.133. The predicted octanol–water partition coefficient (Wildman–Crippen LogP) is 3.79. The summed E-state index contributed by atoms with van der Waals surface area (Å²) >= 11 is 0. The largest absolute Gasteiger partial charge is 0.408 e. The van der Waals surface area contributed by atoms with Crippen LogP contribution in [0.2, 0.25) is 0 Å². The van der Waals surface area contributed by atoms with Crippen molar-refractivity contribution in [1.29, 1.82) is 0 Å². The van der Waals surface area contributed by atoms with Crippen molar-refractivity contribution < 1.29 is 18.0 Å². The van der Waals surface area contributed by atoms with Crippen LogP contribution < -0.4 is 5.32 Å². The predicted molar refractivity (Wildman–Crippen MR) is 102 cm³/mol. The monoisotopic (exact) mass is 402 g/mol. The van der Waals surface area contributed by atoms with Crippen LogP contribution in [-0.4, -0.2) is 46.1 Å². The third-order valence-electron chi connectivity index (χ3n) is 6.72. The summed E-state index contributed by atoms with van der Waals surface area (Å²) in [6.07, 6.45) is 4.69. The highest BCUT2D eigenvalue weighted by molar-refractivity contribution is 5.83. The summed E-state index contributed by atoms with van der Waals surface area (Å²) < 4.78 is 34.1. The quantitative estimate of drug-likeness (QED) is 0.824. The van der Waals surface area contributed by atoms with Gasteiger partial charge in [0.1, 0.15) is 12.0 Å². The molecule has 154 valence electrons. The van der Waals surface area contributed by atoms with Crippen LogP contribution in [0.1, 0.15) is 55.9 Å². The first kappa shape index (κ1) is 18.5. The van der Waals surface area contributed by atoms with Crippen molar-refractivity contribution in [3.63, 3.8) is 0 Å². The molecular weight excluding hydrogens is 378 g/mol. The minimum Gasteiger partial charge on any atom is -0.408 e. The van der Waals surface area contributed by atoms with Crippen molar-refractivity contribution in [3.05, 3.63) is 41.8 Å². The van der Waals surface area contributed by atoms with Crippen molar-refractivity contribution in [1.82, 2.24) is 15.1 Å². The lowest BCUT2D eigenvalue weighted by atomic mass is 9.93. The molecule has 0 radical (unpaired) electrons. The van der Waals surface area contributed by atoms with Crippen LogP contribution in [0.4, 0.5) is 14.8 Å². The van der Waals surface area contributed by atoms with Crippen molar-refractivity contribution >= 4 is 11.9 Å². The van der Waals surface area contributed by atoms with Gasteiger partial charge in [0.05, 0.1) is 5.92 Å². The third-order valence-corrected chi connectivity index (χ3v) is 6.72. The van der Waals surface area contributed by atoms with Crippen molar-refractivity contribution in [2.75, 3.05) is 18.4 Å². The molecule has 29 heavy (non-hydrogen) atoms. The molecule has 5 rings (SSSR count). The third kappa shape index (κ3) is 3.28. The standard InChI is InChI=1S/C21H24F2N4O2/c1-13(18(28)27-11-9-20(7-8-20)10-12-27)24-19-26-25-17(29-19)16-15(21(16,22)23)14-5-3-2-4-6-14/h2-6,13,15-16H,7-12H2,1H3,(H,24,26)/t13-,15+,16+/m0/s1. The van der Waals surface area contributed by atoms with Gasteiger partial charge in [0.15, 0.2) is 0 Å². The molecule has 1 aromatic heterocycles. The average Bonchev–Trinajstić information content (AvgIpc) is 3.53. The first-order valence-electron chi connectivity index (χ1n) is 10.2. The number of carbonyl (C=O) groups is 1. The number of anilines is 1. The number of amides is 1. The molecule has 3 fully saturated rings. The number of hydrogen-bond donors (Lipinski definition) is 1. The second kappa shape index (κ2) is 6.50. The van der Waals surface area contributed by atoms with Gasteiger partial charge in [-0.15, -0.1) is 5.10 Å². The molecule has 2 saturated carbocycles. The van der Waals surface area contributed by atoms with Gasteiger partial charge in [-0.2, -0.15) is 0 Å². The Balaban J connectivity index is 1.22. The van der Waals surface area contributed by atoms with E-state index in [2.05, 4.69) is 15.5 Å². The van der Waals surface area contributed by atoms with Crippen LogP contribution in [0, 0.1) is 5.41 Å². The maximum absolute atomic E-state index is 14.3. The van der Waals surface area contributed by atoms with Crippen LogP contribution in [0.5, 0.6) is 0 Å². The Bertz CT molecular complexity index is 902. The zero-order chi connectivity index (χ0) is 20.2. The molecule has 1 amide bonds. The zero-order valence-corrected chi connectivity index (χ0v) is 16.3. The number of nitrogens with one attached hydrogen (secondary N) is 1. The summed E-state index contributed by atoms with van der Waals surface area (Å²) in [6.45, 7) is 3.27.